The lowest BCUT2D eigenvalue weighted by molar-refractivity contribution is -0.131. The van der Waals surface area contributed by atoms with Crippen molar-refractivity contribution in [2.24, 2.45) is 0 Å². The van der Waals surface area contributed by atoms with Crippen LogP contribution in [0.1, 0.15) is 17.5 Å². The Morgan fingerprint density at radius 2 is 1.91 bits per heavy atom. The molecule has 3 rings (SSSR count). The second kappa shape index (κ2) is 6.91. The predicted octanol–water partition coefficient (Wildman–Crippen LogP) is 1.73. The fraction of sp³-hybridized carbons (Fsp3) is 0.400. The van der Waals surface area contributed by atoms with Crippen LogP contribution in [0.4, 0.5) is 0 Å². The molecule has 2 aromatic rings. The summed E-state index contributed by atoms with van der Waals surface area (Å²) in [6.07, 6.45) is 4.52. The minimum atomic E-state index is -0.277. The largest absolute Gasteiger partial charge is 0.459 e. The molecule has 0 aromatic carbocycles. The second-order valence-electron chi connectivity index (χ2n) is 5.15. The molecule has 0 spiro atoms. The van der Waals surface area contributed by atoms with Gasteiger partial charge in [-0.1, -0.05) is 11.8 Å². The van der Waals surface area contributed by atoms with Gasteiger partial charge in [0.2, 0.25) is 5.91 Å². The summed E-state index contributed by atoms with van der Waals surface area (Å²) in [7, 11) is 0. The van der Waals surface area contributed by atoms with E-state index in [0.29, 0.717) is 37.2 Å². The average Bonchev–Trinajstić information content (AvgIpc) is 3.27. The molecule has 2 amide bonds. The van der Waals surface area contributed by atoms with E-state index in [-0.39, 0.29) is 17.1 Å². The van der Waals surface area contributed by atoms with Crippen LogP contribution >= 0.6 is 11.8 Å². The first kappa shape index (κ1) is 15.7. The Balaban J connectivity index is 1.52. The molecule has 0 saturated carbocycles. The van der Waals surface area contributed by atoms with Crippen molar-refractivity contribution in [3.05, 3.63) is 36.6 Å². The molecular formula is C15H17N3O4S. The number of hydrogen-bond donors (Lipinski definition) is 0. The number of aromatic nitrogens is 1. The highest BCUT2D eigenvalue weighted by Crippen LogP contribution is 2.23. The Hall–Kier alpha value is -2.22. The maximum Gasteiger partial charge on any atom is 0.289 e. The summed E-state index contributed by atoms with van der Waals surface area (Å²) < 4.78 is 10.3. The number of amides is 2. The van der Waals surface area contributed by atoms with Crippen LogP contribution in [0.5, 0.6) is 0 Å². The van der Waals surface area contributed by atoms with Gasteiger partial charge in [0.25, 0.3) is 11.1 Å². The van der Waals surface area contributed by atoms with Crippen LogP contribution < -0.4 is 0 Å². The molecule has 0 radical (unpaired) electrons. The van der Waals surface area contributed by atoms with Crippen molar-refractivity contribution >= 4 is 23.6 Å². The monoisotopic (exact) mass is 335 g/mol. The summed E-state index contributed by atoms with van der Waals surface area (Å²) in [5, 5.41) is 0.207. The van der Waals surface area contributed by atoms with Gasteiger partial charge in [-0.2, -0.15) is 0 Å². The van der Waals surface area contributed by atoms with Gasteiger partial charge in [0.05, 0.1) is 17.7 Å². The Morgan fingerprint density at radius 3 is 2.52 bits per heavy atom. The molecule has 8 heteroatoms. The lowest BCUT2D eigenvalue weighted by Crippen LogP contribution is -2.52. The first-order valence-corrected chi connectivity index (χ1v) is 8.21. The van der Waals surface area contributed by atoms with E-state index >= 15 is 0 Å². The van der Waals surface area contributed by atoms with Gasteiger partial charge >= 0.3 is 0 Å². The first-order chi connectivity index (χ1) is 11.1. The summed E-state index contributed by atoms with van der Waals surface area (Å²) in [5.41, 5.74) is 0. The SMILES string of the molecule is C[C@@H](Sc1ncco1)C(=O)N1CCN(C(=O)c2ccco2)CC1. The smallest absolute Gasteiger partial charge is 0.289 e. The molecule has 0 aliphatic carbocycles. The van der Waals surface area contributed by atoms with Crippen molar-refractivity contribution in [3.8, 4) is 0 Å². The number of rotatable bonds is 4. The zero-order chi connectivity index (χ0) is 16.2. The first-order valence-electron chi connectivity index (χ1n) is 7.33. The lowest BCUT2D eigenvalue weighted by Gasteiger charge is -2.35. The van der Waals surface area contributed by atoms with E-state index in [9.17, 15) is 9.59 Å². The van der Waals surface area contributed by atoms with E-state index in [1.807, 2.05) is 6.92 Å². The zero-order valence-corrected chi connectivity index (χ0v) is 13.5. The van der Waals surface area contributed by atoms with Gasteiger partial charge < -0.3 is 18.6 Å². The molecule has 1 aliphatic heterocycles. The molecule has 7 nitrogen and oxygen atoms in total. The Bertz CT molecular complexity index is 648. The fourth-order valence-electron chi connectivity index (χ4n) is 2.41. The standard InChI is InChI=1S/C15H17N3O4S/c1-11(23-15-16-4-10-22-15)13(19)17-5-7-18(8-6-17)14(20)12-3-2-9-21-12/h2-4,9-11H,5-8H2,1H3/t11-/m1/s1. The number of carbonyl (C=O) groups excluding carboxylic acids is 2. The average molecular weight is 335 g/mol. The van der Waals surface area contributed by atoms with Gasteiger partial charge in [-0.05, 0) is 19.1 Å². The van der Waals surface area contributed by atoms with E-state index in [1.54, 1.807) is 28.1 Å². The van der Waals surface area contributed by atoms with Gasteiger partial charge in [0.15, 0.2) is 5.76 Å². The summed E-state index contributed by atoms with van der Waals surface area (Å²) in [6, 6.07) is 3.34. The summed E-state index contributed by atoms with van der Waals surface area (Å²) in [6.45, 7) is 3.87. The van der Waals surface area contributed by atoms with Crippen LogP contribution in [0.3, 0.4) is 0 Å². The fourth-order valence-corrected chi connectivity index (χ4v) is 3.20. The number of carbonyl (C=O) groups is 2. The molecule has 1 fully saturated rings. The highest BCUT2D eigenvalue weighted by molar-refractivity contribution is 8.00. The number of hydrogen-bond acceptors (Lipinski definition) is 6. The van der Waals surface area contributed by atoms with E-state index in [2.05, 4.69) is 4.98 Å². The van der Waals surface area contributed by atoms with Crippen LogP contribution in [0, 0.1) is 0 Å². The Morgan fingerprint density at radius 1 is 1.17 bits per heavy atom. The number of nitrogens with zero attached hydrogens (tertiary/aromatic N) is 3. The van der Waals surface area contributed by atoms with Crippen molar-refractivity contribution in [1.29, 1.82) is 0 Å². The third-order valence-corrected chi connectivity index (χ3v) is 4.60. The van der Waals surface area contributed by atoms with Gasteiger partial charge in [-0.3, -0.25) is 9.59 Å². The number of piperazine rings is 1. The van der Waals surface area contributed by atoms with Crippen molar-refractivity contribution in [2.75, 3.05) is 26.2 Å². The maximum absolute atomic E-state index is 12.4. The molecule has 3 heterocycles. The van der Waals surface area contributed by atoms with Crippen LogP contribution in [0.15, 0.2) is 44.9 Å². The molecule has 2 aromatic heterocycles. The molecule has 1 atom stereocenters. The third kappa shape index (κ3) is 3.58. The topological polar surface area (TPSA) is 79.8 Å². The van der Waals surface area contributed by atoms with Crippen LogP contribution in [-0.4, -0.2) is 58.0 Å². The Kier molecular flexibility index (Phi) is 4.71. The van der Waals surface area contributed by atoms with Gasteiger partial charge in [-0.15, -0.1) is 0 Å². The highest BCUT2D eigenvalue weighted by atomic mass is 32.2. The molecule has 122 valence electrons. The molecule has 0 unspecified atom stereocenters. The minimum absolute atomic E-state index is 0.0262. The molecule has 23 heavy (non-hydrogen) atoms. The zero-order valence-electron chi connectivity index (χ0n) is 12.7. The summed E-state index contributed by atoms with van der Waals surface area (Å²) in [4.78, 5) is 32.1. The number of furan rings is 1. The summed E-state index contributed by atoms with van der Waals surface area (Å²) in [5.74, 6) is 0.222. The highest BCUT2D eigenvalue weighted by Gasteiger charge is 2.29. The number of thioether (sulfide) groups is 1. The molecule has 0 N–H and O–H groups in total. The van der Waals surface area contributed by atoms with Crippen LogP contribution in [0.25, 0.3) is 0 Å². The van der Waals surface area contributed by atoms with Crippen molar-refractivity contribution in [1.82, 2.24) is 14.8 Å². The van der Waals surface area contributed by atoms with E-state index in [1.165, 1.54) is 24.3 Å². The maximum atomic E-state index is 12.4. The van der Waals surface area contributed by atoms with Gasteiger partial charge in [-0.25, -0.2) is 4.98 Å². The molecule has 1 saturated heterocycles. The van der Waals surface area contributed by atoms with E-state index in [4.69, 9.17) is 8.83 Å². The van der Waals surface area contributed by atoms with Gasteiger partial charge in [0, 0.05) is 26.2 Å². The minimum Gasteiger partial charge on any atom is -0.459 e. The van der Waals surface area contributed by atoms with Crippen LogP contribution in [-0.2, 0) is 4.79 Å². The number of oxazole rings is 1. The quantitative estimate of drug-likeness (QED) is 0.792. The van der Waals surface area contributed by atoms with Crippen molar-refractivity contribution in [3.63, 3.8) is 0 Å². The van der Waals surface area contributed by atoms with Crippen molar-refractivity contribution < 1.29 is 18.4 Å². The predicted molar refractivity (Wildman–Crippen MR) is 83.0 cm³/mol. The van der Waals surface area contributed by atoms with Gasteiger partial charge in [0.1, 0.15) is 6.26 Å². The molecule has 1 aliphatic rings. The normalized spacial score (nSPS) is 16.4. The summed E-state index contributed by atoms with van der Waals surface area (Å²) >= 11 is 1.29. The molecule has 0 bridgehead atoms. The van der Waals surface area contributed by atoms with Crippen LogP contribution in [0.2, 0.25) is 0 Å². The van der Waals surface area contributed by atoms with E-state index in [0.717, 1.165) is 0 Å². The van der Waals surface area contributed by atoms with E-state index < -0.39 is 0 Å². The van der Waals surface area contributed by atoms with Crippen molar-refractivity contribution in [2.45, 2.75) is 17.4 Å². The molecular weight excluding hydrogens is 318 g/mol. The second-order valence-corrected chi connectivity index (χ2v) is 6.44. The Labute approximate surface area is 137 Å². The third-order valence-electron chi connectivity index (χ3n) is 3.65. The lowest BCUT2D eigenvalue weighted by atomic mass is 10.2.